The van der Waals surface area contributed by atoms with Crippen molar-refractivity contribution in [1.29, 1.82) is 0 Å². The molecule has 0 bridgehead atoms. The highest BCUT2D eigenvalue weighted by Gasteiger charge is 2.48. The fourth-order valence-electron chi connectivity index (χ4n) is 5.36. The van der Waals surface area contributed by atoms with E-state index in [9.17, 15) is 14.3 Å². The molecule has 5 nitrogen and oxygen atoms in total. The Labute approximate surface area is 193 Å². The largest absolute Gasteiger partial charge is 0.388 e. The number of anilines is 2. The quantitative estimate of drug-likeness (QED) is 0.571. The molecule has 6 heteroatoms. The second-order valence-corrected chi connectivity index (χ2v) is 9.51. The van der Waals surface area contributed by atoms with E-state index in [1.807, 2.05) is 18.2 Å². The van der Waals surface area contributed by atoms with E-state index < -0.39 is 11.9 Å². The summed E-state index contributed by atoms with van der Waals surface area (Å²) in [4.78, 5) is 18.6. The van der Waals surface area contributed by atoms with Gasteiger partial charge in [0.2, 0.25) is 0 Å². The van der Waals surface area contributed by atoms with Gasteiger partial charge in [-0.25, -0.2) is 9.37 Å². The van der Waals surface area contributed by atoms with Gasteiger partial charge in [-0.2, -0.15) is 0 Å². The van der Waals surface area contributed by atoms with Gasteiger partial charge in [0, 0.05) is 29.9 Å². The number of rotatable bonds is 4. The minimum atomic E-state index is -0.568. The predicted octanol–water partition coefficient (Wildman–Crippen LogP) is 5.31. The minimum Gasteiger partial charge on any atom is -0.388 e. The Kier molecular flexibility index (Phi) is 5.41. The average Bonchev–Trinajstić information content (AvgIpc) is 3.35. The van der Waals surface area contributed by atoms with E-state index in [1.54, 1.807) is 4.90 Å². The molecule has 1 aliphatic carbocycles. The Morgan fingerprint density at radius 1 is 1.21 bits per heavy atom. The van der Waals surface area contributed by atoms with Crippen LogP contribution in [-0.4, -0.2) is 34.0 Å². The summed E-state index contributed by atoms with van der Waals surface area (Å²) in [6, 6.07) is 17.1. The smallest absolute Gasteiger partial charge is 0.272 e. The topological polar surface area (TPSA) is 65.5 Å². The molecule has 1 fully saturated rings. The summed E-state index contributed by atoms with van der Waals surface area (Å²) in [6.45, 7) is 5.46. The Morgan fingerprint density at radius 2 is 2.03 bits per heavy atom. The van der Waals surface area contributed by atoms with Gasteiger partial charge in [0.05, 0.1) is 12.3 Å². The van der Waals surface area contributed by atoms with Crippen LogP contribution in [0, 0.1) is 5.82 Å². The monoisotopic (exact) mass is 445 g/mol. The van der Waals surface area contributed by atoms with E-state index in [0.717, 1.165) is 35.1 Å². The number of fused-ring (bicyclic) bond motifs is 2. The number of aliphatic hydroxyl groups is 1. The number of pyridine rings is 1. The van der Waals surface area contributed by atoms with Crippen molar-refractivity contribution in [2.45, 2.75) is 44.1 Å². The lowest BCUT2D eigenvalue weighted by Crippen LogP contribution is -2.33. The Hall–Kier alpha value is -3.25. The number of hydrogen-bond acceptors (Lipinski definition) is 4. The van der Waals surface area contributed by atoms with Crippen LogP contribution < -0.4 is 5.32 Å². The van der Waals surface area contributed by atoms with Gasteiger partial charge < -0.3 is 15.3 Å². The molecule has 0 radical (unpaired) electrons. The number of halogens is 1. The number of benzene rings is 2. The Bertz CT molecular complexity index is 1190. The van der Waals surface area contributed by atoms with Crippen molar-refractivity contribution >= 4 is 17.3 Å². The first kappa shape index (κ1) is 21.6. The van der Waals surface area contributed by atoms with Crippen molar-refractivity contribution in [3.63, 3.8) is 0 Å². The van der Waals surface area contributed by atoms with Gasteiger partial charge in [-0.05, 0) is 65.8 Å². The maximum Gasteiger partial charge on any atom is 0.272 e. The molecule has 0 saturated carbocycles. The summed E-state index contributed by atoms with van der Waals surface area (Å²) >= 11 is 0. The molecule has 33 heavy (non-hydrogen) atoms. The van der Waals surface area contributed by atoms with Gasteiger partial charge in [0.25, 0.3) is 5.91 Å². The van der Waals surface area contributed by atoms with Crippen LogP contribution in [0.1, 0.15) is 65.9 Å². The number of carbonyl (C=O) groups excluding carboxylic acids is 1. The molecule has 2 atom stereocenters. The number of amides is 1. The Balaban J connectivity index is 1.39. The zero-order valence-corrected chi connectivity index (χ0v) is 18.9. The van der Waals surface area contributed by atoms with Gasteiger partial charge in [-0.15, -0.1) is 0 Å². The van der Waals surface area contributed by atoms with Crippen molar-refractivity contribution in [3.8, 4) is 0 Å². The highest BCUT2D eigenvalue weighted by atomic mass is 19.1. The molecule has 2 aliphatic rings. The van der Waals surface area contributed by atoms with Crippen LogP contribution in [0.3, 0.4) is 0 Å². The zero-order chi connectivity index (χ0) is 23.2. The maximum atomic E-state index is 13.2. The van der Waals surface area contributed by atoms with Crippen molar-refractivity contribution in [2.75, 3.05) is 18.4 Å². The van der Waals surface area contributed by atoms with Crippen molar-refractivity contribution < 1.29 is 14.3 Å². The van der Waals surface area contributed by atoms with Crippen LogP contribution in [0.25, 0.3) is 0 Å². The average molecular weight is 446 g/mol. The highest BCUT2D eigenvalue weighted by molar-refractivity contribution is 5.92. The first-order valence-electron chi connectivity index (χ1n) is 11.5. The minimum absolute atomic E-state index is 0.196. The molecule has 2 aromatic carbocycles. The molecule has 3 aromatic rings. The second kappa shape index (κ2) is 8.27. The van der Waals surface area contributed by atoms with Gasteiger partial charge in [0.1, 0.15) is 11.5 Å². The number of aromatic nitrogens is 1. The molecule has 170 valence electrons. The summed E-state index contributed by atoms with van der Waals surface area (Å²) in [5.41, 5.74) is 5.28. The zero-order valence-electron chi connectivity index (χ0n) is 18.9. The number of para-hydroxylation sites is 1. The lowest BCUT2D eigenvalue weighted by molar-refractivity contribution is 0.0770. The van der Waals surface area contributed by atoms with E-state index in [0.29, 0.717) is 25.4 Å². The third kappa shape index (κ3) is 3.89. The molecule has 5 rings (SSSR count). The normalized spacial score (nSPS) is 21.6. The van der Waals surface area contributed by atoms with Crippen molar-refractivity contribution in [3.05, 3.63) is 89.0 Å². The maximum absolute atomic E-state index is 13.2. The lowest BCUT2D eigenvalue weighted by Gasteiger charge is -2.25. The number of carbonyl (C=O) groups is 1. The lowest BCUT2D eigenvalue weighted by atomic mass is 9.81. The first-order valence-corrected chi connectivity index (χ1v) is 11.5. The molecular formula is C27H28FN3O2. The number of likely N-dealkylation sites (tertiary alicyclic amines) is 1. The SMILES string of the molecule is CC(C)c1ccccc1Nc1ccc2c(c1)C(O)CC21CCN(C(=O)c2ccc(F)cn2)C1. The second-order valence-electron chi connectivity index (χ2n) is 9.51. The molecule has 1 aromatic heterocycles. The number of aliphatic hydroxyl groups excluding tert-OH is 1. The fraction of sp³-hybridized carbons (Fsp3) is 0.333. The molecule has 1 spiro atoms. The van der Waals surface area contributed by atoms with Crippen LogP contribution in [0.15, 0.2) is 60.8 Å². The fourth-order valence-corrected chi connectivity index (χ4v) is 5.36. The number of nitrogens with zero attached hydrogens (tertiary/aromatic N) is 2. The third-order valence-corrected chi connectivity index (χ3v) is 7.02. The van der Waals surface area contributed by atoms with Gasteiger partial charge >= 0.3 is 0 Å². The molecular weight excluding hydrogens is 417 g/mol. The third-order valence-electron chi connectivity index (χ3n) is 7.02. The summed E-state index contributed by atoms with van der Waals surface area (Å²) in [5.74, 6) is -0.259. The van der Waals surface area contributed by atoms with Gasteiger partial charge in [-0.3, -0.25) is 4.79 Å². The first-order chi connectivity index (χ1) is 15.9. The van der Waals surface area contributed by atoms with Crippen molar-refractivity contribution in [1.82, 2.24) is 9.88 Å². The van der Waals surface area contributed by atoms with E-state index in [1.165, 1.54) is 17.7 Å². The van der Waals surface area contributed by atoms with Crippen LogP contribution >= 0.6 is 0 Å². The molecule has 2 N–H and O–H groups in total. The van der Waals surface area contributed by atoms with Crippen molar-refractivity contribution in [2.24, 2.45) is 0 Å². The standard InChI is InChI=1S/C27H28FN3O2/c1-17(2)20-5-3-4-6-23(20)30-19-8-9-22-21(13-19)25(32)14-27(22)11-12-31(16-27)26(33)24-10-7-18(28)15-29-24/h3-10,13,15,17,25,30,32H,11-12,14,16H2,1-2H3. The van der Waals surface area contributed by atoms with Gasteiger partial charge in [0.15, 0.2) is 0 Å². The summed E-state index contributed by atoms with van der Waals surface area (Å²) in [6.07, 6.45) is 1.88. The number of nitrogens with one attached hydrogen (secondary N) is 1. The summed E-state index contributed by atoms with van der Waals surface area (Å²) in [7, 11) is 0. The molecule has 1 saturated heterocycles. The highest BCUT2D eigenvalue weighted by Crippen LogP contribution is 2.51. The Morgan fingerprint density at radius 3 is 2.79 bits per heavy atom. The molecule has 1 aliphatic heterocycles. The van der Waals surface area contributed by atoms with E-state index in [2.05, 4.69) is 48.4 Å². The van der Waals surface area contributed by atoms with E-state index in [4.69, 9.17) is 0 Å². The summed E-state index contributed by atoms with van der Waals surface area (Å²) < 4.78 is 13.2. The number of hydrogen-bond donors (Lipinski definition) is 2. The van der Waals surface area contributed by atoms with E-state index in [-0.39, 0.29) is 17.0 Å². The van der Waals surface area contributed by atoms with Crippen LogP contribution in [0.2, 0.25) is 0 Å². The van der Waals surface area contributed by atoms with E-state index >= 15 is 0 Å². The van der Waals surface area contributed by atoms with Crippen LogP contribution in [-0.2, 0) is 5.41 Å². The molecule has 2 heterocycles. The van der Waals surface area contributed by atoms with Crippen LogP contribution in [0.5, 0.6) is 0 Å². The summed E-state index contributed by atoms with van der Waals surface area (Å²) in [5, 5.41) is 14.4. The van der Waals surface area contributed by atoms with Gasteiger partial charge in [-0.1, -0.05) is 38.1 Å². The molecule has 1 amide bonds. The van der Waals surface area contributed by atoms with Crippen LogP contribution in [0.4, 0.5) is 15.8 Å². The predicted molar refractivity (Wildman–Crippen MR) is 126 cm³/mol. The molecule has 2 unspecified atom stereocenters.